The molecular weight excluding hydrogens is 543 g/mol. The van der Waals surface area contributed by atoms with Gasteiger partial charge in [0.05, 0.1) is 21.9 Å². The van der Waals surface area contributed by atoms with Gasteiger partial charge in [0, 0.05) is 37.1 Å². The number of amides is 1. The van der Waals surface area contributed by atoms with E-state index in [-0.39, 0.29) is 22.9 Å². The Morgan fingerprint density at radius 2 is 2.03 bits per heavy atom. The number of carbonyl (C=O) groups is 2. The number of aromatic amines is 1. The number of hydrogen-bond donors (Lipinski definition) is 3. The summed E-state index contributed by atoms with van der Waals surface area (Å²) in [5.74, 6) is -0.480. The Balaban J connectivity index is 1.18. The number of rotatable bonds is 8. The molecule has 0 spiro atoms. The number of H-pyrrole nitrogens is 1. The van der Waals surface area contributed by atoms with Gasteiger partial charge >= 0.3 is 5.97 Å². The van der Waals surface area contributed by atoms with Gasteiger partial charge in [-0.1, -0.05) is 11.6 Å². The van der Waals surface area contributed by atoms with Gasteiger partial charge in [-0.2, -0.15) is 0 Å². The number of benzene rings is 1. The van der Waals surface area contributed by atoms with E-state index < -0.39 is 5.82 Å². The Labute approximate surface area is 233 Å². The van der Waals surface area contributed by atoms with E-state index in [1.54, 1.807) is 19.1 Å². The largest absolute Gasteiger partial charge is 0.461 e. The smallest absolute Gasteiger partial charge is 0.354 e. The Morgan fingerprint density at radius 3 is 2.77 bits per heavy atom. The van der Waals surface area contributed by atoms with E-state index in [4.69, 9.17) is 16.3 Å². The molecule has 1 aliphatic rings. The lowest BCUT2D eigenvalue weighted by Crippen LogP contribution is -2.44. The van der Waals surface area contributed by atoms with Crippen molar-refractivity contribution in [3.05, 3.63) is 69.3 Å². The van der Waals surface area contributed by atoms with E-state index >= 15 is 0 Å². The number of aryl methyl sites for hydroxylation is 1. The van der Waals surface area contributed by atoms with Gasteiger partial charge in [-0.15, -0.1) is 11.3 Å². The number of fused-ring (bicyclic) bond motifs is 1. The van der Waals surface area contributed by atoms with Crippen molar-refractivity contribution in [3.8, 4) is 0 Å². The maximum absolute atomic E-state index is 13.5. The second kappa shape index (κ2) is 11.7. The van der Waals surface area contributed by atoms with Crippen molar-refractivity contribution >= 4 is 56.5 Å². The van der Waals surface area contributed by atoms with E-state index in [0.29, 0.717) is 38.9 Å². The molecule has 3 aromatic heterocycles. The molecule has 204 valence electrons. The van der Waals surface area contributed by atoms with Crippen LogP contribution in [0.1, 0.15) is 51.2 Å². The van der Waals surface area contributed by atoms with Crippen molar-refractivity contribution in [1.82, 2.24) is 25.2 Å². The zero-order chi connectivity index (χ0) is 27.5. The molecular formula is C27H28ClFN6O3S. The lowest BCUT2D eigenvalue weighted by Gasteiger charge is -2.32. The number of nitrogens with one attached hydrogen (secondary N) is 3. The number of halogens is 2. The quantitative estimate of drug-likeness (QED) is 0.242. The van der Waals surface area contributed by atoms with Crippen LogP contribution in [0.2, 0.25) is 5.02 Å². The number of likely N-dealkylation sites (tertiary alicyclic amines) is 1. The van der Waals surface area contributed by atoms with Gasteiger partial charge < -0.3 is 20.4 Å². The molecule has 3 N–H and O–H groups in total. The summed E-state index contributed by atoms with van der Waals surface area (Å²) in [4.78, 5) is 40.3. The number of nitrogens with zero attached hydrogens (tertiary/aromatic N) is 3. The fourth-order valence-corrected chi connectivity index (χ4v) is 5.68. The molecule has 0 atom stereocenters. The van der Waals surface area contributed by atoms with Crippen molar-refractivity contribution in [1.29, 1.82) is 0 Å². The van der Waals surface area contributed by atoms with Gasteiger partial charge in [0.15, 0.2) is 0 Å². The molecule has 4 aromatic rings. The topological polar surface area (TPSA) is 112 Å². The van der Waals surface area contributed by atoms with Crippen LogP contribution in [0, 0.1) is 12.7 Å². The van der Waals surface area contributed by atoms with E-state index in [9.17, 15) is 14.0 Å². The highest BCUT2D eigenvalue weighted by Gasteiger charge is 2.24. The summed E-state index contributed by atoms with van der Waals surface area (Å²) >= 11 is 7.19. The minimum Gasteiger partial charge on any atom is -0.461 e. The van der Waals surface area contributed by atoms with Crippen LogP contribution in [-0.4, -0.2) is 57.5 Å². The first-order valence-electron chi connectivity index (χ1n) is 12.7. The zero-order valence-corrected chi connectivity index (χ0v) is 23.1. The fourth-order valence-electron chi connectivity index (χ4n) is 4.59. The van der Waals surface area contributed by atoms with E-state index in [1.807, 2.05) is 13.0 Å². The Bertz CT molecular complexity index is 1510. The second-order valence-electron chi connectivity index (χ2n) is 9.38. The molecule has 39 heavy (non-hydrogen) atoms. The summed E-state index contributed by atoms with van der Waals surface area (Å²) in [5.41, 5.74) is 3.08. The molecule has 1 saturated heterocycles. The van der Waals surface area contributed by atoms with Crippen LogP contribution < -0.4 is 10.6 Å². The SMILES string of the molecule is CCOC(=O)c1cc(CN2CCC(NC(=O)c3cc4c(Nc5ccc(F)c(Cl)c5)ncnc4s3)CC2)c(C)[nH]1. The first-order valence-corrected chi connectivity index (χ1v) is 13.9. The molecule has 0 saturated carbocycles. The third kappa shape index (κ3) is 6.21. The summed E-state index contributed by atoms with van der Waals surface area (Å²) in [6, 6.07) is 8.02. The average Bonchev–Trinajstić information content (AvgIpc) is 3.52. The Kier molecular flexibility index (Phi) is 8.10. The summed E-state index contributed by atoms with van der Waals surface area (Å²) < 4.78 is 18.6. The lowest BCUT2D eigenvalue weighted by molar-refractivity contribution is 0.0520. The number of anilines is 2. The van der Waals surface area contributed by atoms with Crippen molar-refractivity contribution < 1.29 is 18.7 Å². The van der Waals surface area contributed by atoms with Crippen LogP contribution in [0.4, 0.5) is 15.9 Å². The van der Waals surface area contributed by atoms with Crippen molar-refractivity contribution in [2.24, 2.45) is 0 Å². The molecule has 0 radical (unpaired) electrons. The van der Waals surface area contributed by atoms with Crippen LogP contribution in [0.25, 0.3) is 10.2 Å². The first-order chi connectivity index (χ1) is 18.8. The fraction of sp³-hybridized carbons (Fsp3) is 0.333. The van der Waals surface area contributed by atoms with Gasteiger partial charge in [-0.3, -0.25) is 9.69 Å². The van der Waals surface area contributed by atoms with Crippen LogP contribution >= 0.6 is 22.9 Å². The molecule has 0 aliphatic carbocycles. The highest BCUT2D eigenvalue weighted by molar-refractivity contribution is 7.20. The summed E-state index contributed by atoms with van der Waals surface area (Å²) in [5, 5.41) is 6.99. The molecule has 9 nitrogen and oxygen atoms in total. The van der Waals surface area contributed by atoms with Crippen LogP contribution in [0.3, 0.4) is 0 Å². The predicted octanol–water partition coefficient (Wildman–Crippen LogP) is 5.44. The number of hydrogen-bond acceptors (Lipinski definition) is 8. The molecule has 1 aliphatic heterocycles. The van der Waals surface area contributed by atoms with Crippen LogP contribution in [0.15, 0.2) is 36.7 Å². The monoisotopic (exact) mass is 570 g/mol. The van der Waals surface area contributed by atoms with E-state index in [0.717, 1.165) is 43.7 Å². The molecule has 1 amide bonds. The van der Waals surface area contributed by atoms with Crippen LogP contribution in [-0.2, 0) is 11.3 Å². The third-order valence-corrected chi connectivity index (χ3v) is 8.00. The van der Waals surface area contributed by atoms with Gasteiger partial charge in [0.2, 0.25) is 0 Å². The van der Waals surface area contributed by atoms with E-state index in [2.05, 4.69) is 30.5 Å². The molecule has 1 fully saturated rings. The second-order valence-corrected chi connectivity index (χ2v) is 10.8. The molecule has 1 aromatic carbocycles. The number of esters is 1. The normalized spacial score (nSPS) is 14.5. The number of ether oxygens (including phenoxy) is 1. The number of carbonyl (C=O) groups excluding carboxylic acids is 2. The average molecular weight is 571 g/mol. The van der Waals surface area contributed by atoms with Gasteiger partial charge in [0.25, 0.3) is 5.91 Å². The van der Waals surface area contributed by atoms with Crippen molar-refractivity contribution in [2.75, 3.05) is 25.0 Å². The molecule has 0 unspecified atom stereocenters. The summed E-state index contributed by atoms with van der Waals surface area (Å²) in [6.45, 7) is 6.47. The van der Waals surface area contributed by atoms with Gasteiger partial charge in [-0.25, -0.2) is 19.2 Å². The highest BCUT2D eigenvalue weighted by Crippen LogP contribution is 2.31. The summed E-state index contributed by atoms with van der Waals surface area (Å²) in [6.07, 6.45) is 3.07. The Morgan fingerprint density at radius 1 is 1.23 bits per heavy atom. The Hall–Kier alpha value is -3.54. The number of thiophene rings is 1. The molecule has 5 rings (SSSR count). The van der Waals surface area contributed by atoms with Crippen molar-refractivity contribution in [3.63, 3.8) is 0 Å². The molecule has 12 heteroatoms. The highest BCUT2D eigenvalue weighted by atomic mass is 35.5. The summed E-state index contributed by atoms with van der Waals surface area (Å²) in [7, 11) is 0. The number of aromatic nitrogens is 3. The standard InChI is InChI=1S/C27H28ClFN6O3S/c1-3-38-27(37)22-10-16(15(2)32-22)13-35-8-6-17(7-9-35)34-25(36)23-12-19-24(30-14-31-26(19)39-23)33-18-4-5-21(29)20(28)11-18/h4-5,10-12,14,17,32H,3,6-9,13H2,1-2H3,(H,34,36)(H,30,31,33). The predicted molar refractivity (Wildman–Crippen MR) is 149 cm³/mol. The third-order valence-electron chi connectivity index (χ3n) is 6.67. The van der Waals surface area contributed by atoms with Gasteiger partial charge in [-0.05, 0) is 62.6 Å². The van der Waals surface area contributed by atoms with Crippen molar-refractivity contribution in [2.45, 2.75) is 39.3 Å². The lowest BCUT2D eigenvalue weighted by atomic mass is 10.0. The molecule has 4 heterocycles. The van der Waals surface area contributed by atoms with E-state index in [1.165, 1.54) is 29.8 Å². The zero-order valence-electron chi connectivity index (χ0n) is 21.5. The number of piperidine rings is 1. The minimum absolute atomic E-state index is 0.00592. The van der Waals surface area contributed by atoms with Gasteiger partial charge in [0.1, 0.15) is 28.5 Å². The minimum atomic E-state index is -0.502. The maximum atomic E-state index is 13.5. The maximum Gasteiger partial charge on any atom is 0.354 e. The van der Waals surface area contributed by atoms with Crippen LogP contribution in [0.5, 0.6) is 0 Å². The molecule has 0 bridgehead atoms. The first kappa shape index (κ1) is 27.0.